The van der Waals surface area contributed by atoms with Gasteiger partial charge in [-0.3, -0.25) is 14.5 Å². The molecule has 29 heavy (non-hydrogen) atoms. The highest BCUT2D eigenvalue weighted by molar-refractivity contribution is 6.09. The second-order valence-electron chi connectivity index (χ2n) is 7.06. The number of hydrogen-bond donors (Lipinski definition) is 2. The average molecular weight is 399 g/mol. The zero-order valence-corrected chi connectivity index (χ0v) is 16.2. The first-order valence-corrected chi connectivity index (χ1v) is 9.13. The summed E-state index contributed by atoms with van der Waals surface area (Å²) < 4.78 is 18.1. The first-order valence-electron chi connectivity index (χ1n) is 9.13. The summed E-state index contributed by atoms with van der Waals surface area (Å²) in [4.78, 5) is 38.2. The Bertz CT molecular complexity index is 915. The van der Waals surface area contributed by atoms with E-state index < -0.39 is 35.7 Å². The molecule has 0 aromatic heterocycles. The maximum atomic E-state index is 12.9. The van der Waals surface area contributed by atoms with Crippen molar-refractivity contribution in [1.82, 2.24) is 10.2 Å². The number of halogens is 1. The Morgan fingerprint density at radius 1 is 1.14 bits per heavy atom. The van der Waals surface area contributed by atoms with Gasteiger partial charge >= 0.3 is 6.03 Å². The van der Waals surface area contributed by atoms with E-state index in [9.17, 15) is 18.8 Å². The van der Waals surface area contributed by atoms with E-state index in [1.807, 2.05) is 24.3 Å². The molecule has 0 aliphatic carbocycles. The van der Waals surface area contributed by atoms with Crippen molar-refractivity contribution in [1.29, 1.82) is 0 Å². The van der Waals surface area contributed by atoms with Crippen LogP contribution in [0.15, 0.2) is 48.5 Å². The average Bonchev–Trinajstić information content (AvgIpc) is 2.92. The van der Waals surface area contributed by atoms with Crippen molar-refractivity contribution >= 4 is 23.5 Å². The van der Waals surface area contributed by atoms with Crippen LogP contribution in [0, 0.1) is 5.82 Å². The lowest BCUT2D eigenvalue weighted by molar-refractivity contribution is -0.133. The highest BCUT2D eigenvalue weighted by atomic mass is 19.1. The summed E-state index contributed by atoms with van der Waals surface area (Å²) in [5, 5.41) is 5.22. The number of nitrogens with zero attached hydrogens (tertiary/aromatic N) is 1. The highest BCUT2D eigenvalue weighted by Crippen LogP contribution is 2.24. The third-order valence-electron chi connectivity index (χ3n) is 4.85. The van der Waals surface area contributed by atoms with Gasteiger partial charge in [-0.15, -0.1) is 0 Å². The Balaban J connectivity index is 1.59. The summed E-state index contributed by atoms with van der Waals surface area (Å²) in [5.74, 6) is -0.682. The molecule has 2 aromatic carbocycles. The van der Waals surface area contributed by atoms with E-state index in [2.05, 4.69) is 10.6 Å². The van der Waals surface area contributed by atoms with Crippen LogP contribution in [0.4, 0.5) is 14.9 Å². The maximum Gasteiger partial charge on any atom is 0.325 e. The molecule has 0 saturated carbocycles. The topological polar surface area (TPSA) is 87.7 Å². The predicted molar refractivity (Wildman–Crippen MR) is 105 cm³/mol. The van der Waals surface area contributed by atoms with Gasteiger partial charge in [0.2, 0.25) is 5.91 Å². The van der Waals surface area contributed by atoms with E-state index >= 15 is 0 Å². The van der Waals surface area contributed by atoms with Crippen molar-refractivity contribution in [3.8, 4) is 5.75 Å². The van der Waals surface area contributed by atoms with E-state index in [1.54, 1.807) is 14.0 Å². The summed E-state index contributed by atoms with van der Waals surface area (Å²) in [5.41, 5.74) is 0.292. The third-order valence-corrected chi connectivity index (χ3v) is 4.85. The Morgan fingerprint density at radius 2 is 1.79 bits per heavy atom. The number of hydrogen-bond acceptors (Lipinski definition) is 4. The molecule has 1 heterocycles. The Labute approximate surface area is 167 Å². The monoisotopic (exact) mass is 399 g/mol. The zero-order chi connectivity index (χ0) is 21.0. The number of carbonyl (C=O) groups is 3. The van der Waals surface area contributed by atoms with Crippen LogP contribution in [0.25, 0.3) is 0 Å². The molecule has 1 fully saturated rings. The summed E-state index contributed by atoms with van der Waals surface area (Å²) in [7, 11) is 1.59. The van der Waals surface area contributed by atoms with Crippen LogP contribution >= 0.6 is 0 Å². The molecule has 4 amide bonds. The van der Waals surface area contributed by atoms with Crippen molar-refractivity contribution < 1.29 is 23.5 Å². The van der Waals surface area contributed by atoms with Crippen LogP contribution < -0.4 is 15.4 Å². The number of ether oxygens (including phenoxy) is 1. The fourth-order valence-corrected chi connectivity index (χ4v) is 3.12. The standard InChI is InChI=1S/C21H22FN3O4/c1-21(12-11-14-3-9-17(29-2)10-4-14)19(27)25(20(28)24-21)13-18(26)23-16-7-5-15(22)6-8-16/h3-10H,11-13H2,1-2H3,(H,23,26)(H,24,28)/t21-/m0/s1. The fraction of sp³-hybridized carbons (Fsp3) is 0.286. The predicted octanol–water partition coefficient (Wildman–Crippen LogP) is 2.72. The van der Waals surface area contributed by atoms with Crippen molar-refractivity contribution in [2.45, 2.75) is 25.3 Å². The molecule has 0 bridgehead atoms. The van der Waals surface area contributed by atoms with Gasteiger partial charge in [0.05, 0.1) is 7.11 Å². The number of benzene rings is 2. The number of imide groups is 1. The molecule has 0 unspecified atom stereocenters. The minimum atomic E-state index is -1.09. The van der Waals surface area contributed by atoms with Gasteiger partial charge in [-0.1, -0.05) is 12.1 Å². The summed E-state index contributed by atoms with van der Waals surface area (Å²) in [6.07, 6.45) is 0.960. The molecule has 1 atom stereocenters. The summed E-state index contributed by atoms with van der Waals surface area (Å²) >= 11 is 0. The Morgan fingerprint density at radius 3 is 2.41 bits per heavy atom. The minimum absolute atomic E-state index is 0.380. The van der Waals surface area contributed by atoms with Crippen molar-refractivity contribution in [2.75, 3.05) is 19.0 Å². The van der Waals surface area contributed by atoms with Crippen LogP contribution in [0.5, 0.6) is 5.75 Å². The van der Waals surface area contributed by atoms with Gasteiger partial charge in [-0.2, -0.15) is 0 Å². The molecular weight excluding hydrogens is 377 g/mol. The number of methoxy groups -OCH3 is 1. The molecule has 152 valence electrons. The normalized spacial score (nSPS) is 18.5. The number of rotatable bonds is 7. The zero-order valence-electron chi connectivity index (χ0n) is 16.2. The SMILES string of the molecule is COc1ccc(CC[C@]2(C)NC(=O)N(CC(=O)Nc3ccc(F)cc3)C2=O)cc1. The minimum Gasteiger partial charge on any atom is -0.497 e. The summed E-state index contributed by atoms with van der Waals surface area (Å²) in [6, 6.07) is 12.1. The van der Waals surface area contributed by atoms with Crippen molar-refractivity contribution in [2.24, 2.45) is 0 Å². The van der Waals surface area contributed by atoms with Crippen LogP contribution in [-0.4, -0.2) is 41.9 Å². The van der Waals surface area contributed by atoms with E-state index in [1.165, 1.54) is 24.3 Å². The molecule has 1 saturated heterocycles. The lowest BCUT2D eigenvalue weighted by Gasteiger charge is -2.21. The van der Waals surface area contributed by atoms with E-state index in [-0.39, 0.29) is 0 Å². The molecule has 1 aliphatic heterocycles. The molecule has 0 spiro atoms. The first-order chi connectivity index (χ1) is 13.8. The van der Waals surface area contributed by atoms with Gasteiger partial charge in [0, 0.05) is 5.69 Å². The maximum absolute atomic E-state index is 12.9. The van der Waals surface area contributed by atoms with E-state index in [4.69, 9.17) is 4.74 Å². The van der Waals surface area contributed by atoms with Crippen LogP contribution in [0.2, 0.25) is 0 Å². The smallest absolute Gasteiger partial charge is 0.325 e. The second kappa shape index (κ2) is 8.30. The van der Waals surface area contributed by atoms with Crippen molar-refractivity contribution in [3.63, 3.8) is 0 Å². The molecule has 2 aromatic rings. The first kappa shape index (κ1) is 20.3. The molecular formula is C21H22FN3O4. The van der Waals surface area contributed by atoms with Crippen molar-refractivity contribution in [3.05, 3.63) is 59.9 Å². The number of nitrogens with one attached hydrogen (secondary N) is 2. The van der Waals surface area contributed by atoms with Gasteiger partial charge in [0.15, 0.2) is 0 Å². The summed E-state index contributed by atoms with van der Waals surface area (Å²) in [6.45, 7) is 1.23. The van der Waals surface area contributed by atoms with Gasteiger partial charge in [0.1, 0.15) is 23.7 Å². The third kappa shape index (κ3) is 4.71. The van der Waals surface area contributed by atoms with E-state index in [0.717, 1.165) is 16.2 Å². The number of carbonyl (C=O) groups excluding carboxylic acids is 3. The number of urea groups is 1. The fourth-order valence-electron chi connectivity index (χ4n) is 3.12. The van der Waals surface area contributed by atoms with E-state index in [0.29, 0.717) is 18.5 Å². The van der Waals surface area contributed by atoms with Gasteiger partial charge in [-0.25, -0.2) is 9.18 Å². The highest BCUT2D eigenvalue weighted by Gasteiger charge is 2.47. The van der Waals surface area contributed by atoms with Crippen LogP contribution in [-0.2, 0) is 16.0 Å². The van der Waals surface area contributed by atoms with Crippen LogP contribution in [0.1, 0.15) is 18.9 Å². The Kier molecular flexibility index (Phi) is 5.81. The molecule has 0 radical (unpaired) electrons. The molecule has 3 rings (SSSR count). The van der Waals surface area contributed by atoms with Gasteiger partial charge in [-0.05, 0) is 61.7 Å². The Hall–Kier alpha value is -3.42. The van der Waals surface area contributed by atoms with Gasteiger partial charge in [0.25, 0.3) is 5.91 Å². The number of anilines is 1. The van der Waals surface area contributed by atoms with Crippen LogP contribution in [0.3, 0.4) is 0 Å². The second-order valence-corrected chi connectivity index (χ2v) is 7.06. The largest absolute Gasteiger partial charge is 0.497 e. The lowest BCUT2D eigenvalue weighted by Crippen LogP contribution is -2.45. The number of aryl methyl sites for hydroxylation is 1. The lowest BCUT2D eigenvalue weighted by atomic mass is 9.93. The molecule has 7 nitrogen and oxygen atoms in total. The molecule has 8 heteroatoms. The van der Waals surface area contributed by atoms with Gasteiger partial charge < -0.3 is 15.4 Å². The number of amides is 4. The quantitative estimate of drug-likeness (QED) is 0.701. The molecule has 2 N–H and O–H groups in total. The molecule has 1 aliphatic rings.